The molecule has 21 heavy (non-hydrogen) atoms. The van der Waals surface area contributed by atoms with Crippen LogP contribution >= 0.6 is 0 Å². The van der Waals surface area contributed by atoms with Crippen molar-refractivity contribution in [2.75, 3.05) is 0 Å². The number of Topliss-reactive ketones (excluding diaryl/α,β-unsaturated/α-hetero) is 1. The van der Waals surface area contributed by atoms with Crippen molar-refractivity contribution in [3.63, 3.8) is 0 Å². The molecule has 0 N–H and O–H groups in total. The predicted molar refractivity (Wildman–Crippen MR) is 83.2 cm³/mol. The Balaban J connectivity index is 1.77. The van der Waals surface area contributed by atoms with Crippen molar-refractivity contribution in [3.8, 4) is 11.1 Å². The van der Waals surface area contributed by atoms with Crippen LogP contribution in [0.25, 0.3) is 11.1 Å². The van der Waals surface area contributed by atoms with E-state index in [1.165, 1.54) is 0 Å². The summed E-state index contributed by atoms with van der Waals surface area (Å²) in [6.45, 7) is 2.24. The van der Waals surface area contributed by atoms with Crippen molar-refractivity contribution < 1.29 is 4.79 Å². The van der Waals surface area contributed by atoms with Crippen LogP contribution in [0.4, 0.5) is 0 Å². The molecule has 0 unspecified atom stereocenters. The van der Waals surface area contributed by atoms with Crippen molar-refractivity contribution in [3.05, 3.63) is 78.1 Å². The molecule has 3 rings (SSSR count). The van der Waals surface area contributed by atoms with E-state index >= 15 is 0 Å². The Kier molecular flexibility index (Phi) is 3.65. The van der Waals surface area contributed by atoms with Crippen LogP contribution in [0.3, 0.4) is 0 Å². The van der Waals surface area contributed by atoms with Crippen LogP contribution < -0.4 is 0 Å². The number of hydrogen-bond donors (Lipinski definition) is 0. The molecule has 0 amide bonds. The van der Waals surface area contributed by atoms with E-state index in [0.717, 1.165) is 22.3 Å². The molecule has 0 saturated carbocycles. The highest BCUT2D eigenvalue weighted by molar-refractivity contribution is 5.96. The van der Waals surface area contributed by atoms with Gasteiger partial charge in [0.15, 0.2) is 5.78 Å². The fourth-order valence-corrected chi connectivity index (χ4v) is 2.29. The van der Waals surface area contributed by atoms with Crippen molar-refractivity contribution in [2.24, 2.45) is 0 Å². The zero-order chi connectivity index (χ0) is 14.7. The van der Waals surface area contributed by atoms with Gasteiger partial charge in [-0.3, -0.25) is 9.48 Å². The van der Waals surface area contributed by atoms with E-state index in [0.29, 0.717) is 0 Å². The van der Waals surface area contributed by atoms with Gasteiger partial charge >= 0.3 is 0 Å². The molecule has 0 radical (unpaired) electrons. The Morgan fingerprint density at radius 1 is 1.05 bits per heavy atom. The lowest BCUT2D eigenvalue weighted by Crippen LogP contribution is -2.10. The van der Waals surface area contributed by atoms with Gasteiger partial charge in [0.1, 0.15) is 6.54 Å². The molecule has 0 aliphatic rings. The normalized spacial score (nSPS) is 10.5. The summed E-state index contributed by atoms with van der Waals surface area (Å²) in [6, 6.07) is 17.7. The van der Waals surface area contributed by atoms with Crippen LogP contribution in [0.5, 0.6) is 0 Å². The molecule has 0 aliphatic carbocycles. The molecule has 3 heteroatoms. The SMILES string of the molecule is Cc1cccc(C(=O)Cn2cc(-c3ccccc3)cn2)c1. The lowest BCUT2D eigenvalue weighted by atomic mass is 10.1. The van der Waals surface area contributed by atoms with Gasteiger partial charge in [0.2, 0.25) is 0 Å². The van der Waals surface area contributed by atoms with Gasteiger partial charge in [-0.15, -0.1) is 0 Å². The summed E-state index contributed by atoms with van der Waals surface area (Å²) in [7, 11) is 0. The number of nitrogens with zero attached hydrogens (tertiary/aromatic N) is 2. The molecule has 1 heterocycles. The average molecular weight is 276 g/mol. The highest BCUT2D eigenvalue weighted by atomic mass is 16.1. The first-order valence-electron chi connectivity index (χ1n) is 6.90. The summed E-state index contributed by atoms with van der Waals surface area (Å²) in [5.74, 6) is 0.0708. The minimum Gasteiger partial charge on any atom is -0.292 e. The number of carbonyl (C=O) groups is 1. The molecule has 0 atom stereocenters. The van der Waals surface area contributed by atoms with E-state index < -0.39 is 0 Å². The lowest BCUT2D eigenvalue weighted by Gasteiger charge is -2.02. The molecule has 0 bridgehead atoms. The van der Waals surface area contributed by atoms with E-state index in [4.69, 9.17) is 0 Å². The molecule has 0 fully saturated rings. The van der Waals surface area contributed by atoms with E-state index in [1.807, 2.05) is 67.7 Å². The second-order valence-electron chi connectivity index (χ2n) is 5.09. The largest absolute Gasteiger partial charge is 0.292 e. The summed E-state index contributed by atoms with van der Waals surface area (Å²) < 4.78 is 1.69. The molecular weight excluding hydrogens is 260 g/mol. The first-order chi connectivity index (χ1) is 10.2. The zero-order valence-corrected chi connectivity index (χ0v) is 11.9. The van der Waals surface area contributed by atoms with Crippen LogP contribution in [0.2, 0.25) is 0 Å². The van der Waals surface area contributed by atoms with E-state index in [-0.39, 0.29) is 12.3 Å². The van der Waals surface area contributed by atoms with Gasteiger partial charge < -0.3 is 0 Å². The van der Waals surface area contributed by atoms with Crippen LogP contribution in [0.1, 0.15) is 15.9 Å². The van der Waals surface area contributed by atoms with E-state index in [9.17, 15) is 4.79 Å². The van der Waals surface area contributed by atoms with Gasteiger partial charge in [0, 0.05) is 17.3 Å². The number of carbonyl (C=O) groups excluding carboxylic acids is 1. The standard InChI is InChI=1S/C18H16N2O/c1-14-6-5-9-16(10-14)18(21)13-20-12-17(11-19-20)15-7-3-2-4-8-15/h2-12H,13H2,1H3. The summed E-state index contributed by atoms with van der Waals surface area (Å²) in [5, 5.41) is 4.28. The smallest absolute Gasteiger partial charge is 0.184 e. The van der Waals surface area contributed by atoms with Crippen LogP contribution in [-0.4, -0.2) is 15.6 Å². The van der Waals surface area contributed by atoms with Crippen molar-refractivity contribution >= 4 is 5.78 Å². The monoisotopic (exact) mass is 276 g/mol. The lowest BCUT2D eigenvalue weighted by molar-refractivity contribution is 0.0967. The van der Waals surface area contributed by atoms with Gasteiger partial charge in [0.05, 0.1) is 6.20 Å². The van der Waals surface area contributed by atoms with E-state index in [2.05, 4.69) is 5.10 Å². The Hall–Kier alpha value is -2.68. The van der Waals surface area contributed by atoms with Gasteiger partial charge in [0.25, 0.3) is 0 Å². The summed E-state index contributed by atoms with van der Waals surface area (Å²) in [5.41, 5.74) is 3.94. The van der Waals surface area contributed by atoms with Gasteiger partial charge in [-0.2, -0.15) is 5.10 Å². The predicted octanol–water partition coefficient (Wildman–Crippen LogP) is 3.74. The topological polar surface area (TPSA) is 34.9 Å². The molecule has 0 spiro atoms. The quantitative estimate of drug-likeness (QED) is 0.680. The summed E-state index contributed by atoms with van der Waals surface area (Å²) in [6.07, 6.45) is 3.70. The van der Waals surface area contributed by atoms with Crippen LogP contribution in [0, 0.1) is 6.92 Å². The second kappa shape index (κ2) is 5.75. The maximum Gasteiger partial charge on any atom is 0.184 e. The van der Waals surface area contributed by atoms with Crippen molar-refractivity contribution in [1.29, 1.82) is 0 Å². The number of benzene rings is 2. The highest BCUT2D eigenvalue weighted by Gasteiger charge is 2.08. The Morgan fingerprint density at radius 2 is 1.86 bits per heavy atom. The Labute approximate surface area is 123 Å². The minimum absolute atomic E-state index is 0.0708. The molecule has 104 valence electrons. The first kappa shape index (κ1) is 13.3. The van der Waals surface area contributed by atoms with Crippen LogP contribution in [0.15, 0.2) is 67.0 Å². The van der Waals surface area contributed by atoms with Gasteiger partial charge in [-0.05, 0) is 18.6 Å². The molecule has 1 aromatic heterocycles. The average Bonchev–Trinajstić information content (AvgIpc) is 2.97. The zero-order valence-electron chi connectivity index (χ0n) is 11.9. The third kappa shape index (κ3) is 3.08. The second-order valence-corrected chi connectivity index (χ2v) is 5.09. The summed E-state index contributed by atoms with van der Waals surface area (Å²) >= 11 is 0. The third-order valence-corrected chi connectivity index (χ3v) is 3.39. The fourth-order valence-electron chi connectivity index (χ4n) is 2.29. The molecular formula is C18H16N2O. The van der Waals surface area contributed by atoms with Crippen molar-refractivity contribution in [2.45, 2.75) is 13.5 Å². The molecule has 0 saturated heterocycles. The minimum atomic E-state index is 0.0708. The van der Waals surface area contributed by atoms with Gasteiger partial charge in [-0.1, -0.05) is 54.1 Å². The Bertz CT molecular complexity index is 760. The molecule has 3 aromatic rings. The number of aromatic nitrogens is 2. The fraction of sp³-hybridized carbons (Fsp3) is 0.111. The summed E-state index contributed by atoms with van der Waals surface area (Å²) in [4.78, 5) is 12.3. The van der Waals surface area contributed by atoms with Crippen LogP contribution in [-0.2, 0) is 6.54 Å². The molecule has 3 nitrogen and oxygen atoms in total. The number of aryl methyl sites for hydroxylation is 1. The number of ketones is 1. The molecule has 0 aliphatic heterocycles. The number of rotatable bonds is 4. The maximum absolute atomic E-state index is 12.3. The number of hydrogen-bond acceptors (Lipinski definition) is 2. The van der Waals surface area contributed by atoms with Gasteiger partial charge in [-0.25, -0.2) is 0 Å². The third-order valence-electron chi connectivity index (χ3n) is 3.39. The first-order valence-corrected chi connectivity index (χ1v) is 6.90. The molecule has 2 aromatic carbocycles. The van der Waals surface area contributed by atoms with Crippen molar-refractivity contribution in [1.82, 2.24) is 9.78 Å². The highest BCUT2D eigenvalue weighted by Crippen LogP contribution is 2.17. The van der Waals surface area contributed by atoms with E-state index in [1.54, 1.807) is 10.9 Å². The maximum atomic E-state index is 12.3. The Morgan fingerprint density at radius 3 is 2.62 bits per heavy atom.